The first-order valence-electron chi connectivity index (χ1n) is 10.3. The van der Waals surface area contributed by atoms with Crippen LogP contribution in [-0.2, 0) is 0 Å². The van der Waals surface area contributed by atoms with Gasteiger partial charge >= 0.3 is 0 Å². The average Bonchev–Trinajstić information content (AvgIpc) is 2.51. The van der Waals surface area contributed by atoms with Gasteiger partial charge in [-0.05, 0) is 64.0 Å². The van der Waals surface area contributed by atoms with Crippen molar-refractivity contribution in [2.75, 3.05) is 52.4 Å². The lowest BCUT2D eigenvalue weighted by Gasteiger charge is -2.43. The van der Waals surface area contributed by atoms with E-state index in [4.69, 9.17) is 0 Å². The topological polar surface area (TPSA) is 9.72 Å². The molecule has 2 aliphatic rings. The smallest absolute Gasteiger partial charge is 0.0126 e. The van der Waals surface area contributed by atoms with E-state index in [0.717, 1.165) is 11.8 Å². The maximum atomic E-state index is 2.71. The summed E-state index contributed by atoms with van der Waals surface area (Å²) in [4.78, 5) is 8.01. The van der Waals surface area contributed by atoms with Crippen LogP contribution in [0, 0.1) is 17.3 Å². The highest BCUT2D eigenvalue weighted by Crippen LogP contribution is 2.36. The Hall–Kier alpha value is -0.120. The second-order valence-electron chi connectivity index (χ2n) is 10.3. The van der Waals surface area contributed by atoms with Crippen molar-refractivity contribution in [3.63, 3.8) is 0 Å². The van der Waals surface area contributed by atoms with Gasteiger partial charge in [0.2, 0.25) is 0 Å². The molecule has 2 heterocycles. The van der Waals surface area contributed by atoms with Crippen LogP contribution in [0.3, 0.4) is 0 Å². The van der Waals surface area contributed by atoms with Crippen molar-refractivity contribution in [2.45, 2.75) is 66.8 Å². The van der Waals surface area contributed by atoms with E-state index >= 15 is 0 Å². The lowest BCUT2D eigenvalue weighted by atomic mass is 9.71. The first-order chi connectivity index (χ1) is 11.1. The van der Waals surface area contributed by atoms with Crippen LogP contribution in [0.25, 0.3) is 0 Å². The monoisotopic (exact) mass is 337 g/mol. The number of likely N-dealkylation sites (tertiary alicyclic amines) is 1. The van der Waals surface area contributed by atoms with E-state index in [-0.39, 0.29) is 0 Å². The summed E-state index contributed by atoms with van der Waals surface area (Å²) in [7, 11) is 0. The molecule has 0 N–H and O–H groups in total. The Bertz CT molecular complexity index is 364. The lowest BCUT2D eigenvalue weighted by molar-refractivity contribution is 0.0504. The van der Waals surface area contributed by atoms with E-state index in [1.165, 1.54) is 65.2 Å². The molecule has 142 valence electrons. The fourth-order valence-corrected chi connectivity index (χ4v) is 4.31. The molecule has 24 heavy (non-hydrogen) atoms. The fourth-order valence-electron chi connectivity index (χ4n) is 4.31. The van der Waals surface area contributed by atoms with Crippen LogP contribution in [0.1, 0.15) is 61.3 Å². The Kier molecular flexibility index (Phi) is 6.78. The highest BCUT2D eigenvalue weighted by atomic mass is 15.3. The minimum absolute atomic E-state index is 0.331. The molecule has 0 aromatic carbocycles. The molecule has 0 aromatic heterocycles. The summed E-state index contributed by atoms with van der Waals surface area (Å²) in [5.74, 6) is 1.77. The van der Waals surface area contributed by atoms with Gasteiger partial charge in [-0.2, -0.15) is 0 Å². The van der Waals surface area contributed by atoms with Gasteiger partial charge in [-0.15, -0.1) is 0 Å². The predicted octanol–water partition coefficient (Wildman–Crippen LogP) is 3.80. The van der Waals surface area contributed by atoms with Gasteiger partial charge in [-0.25, -0.2) is 0 Å². The van der Waals surface area contributed by atoms with Gasteiger partial charge in [0.1, 0.15) is 0 Å². The van der Waals surface area contributed by atoms with Crippen LogP contribution in [0.2, 0.25) is 0 Å². The third-order valence-electron chi connectivity index (χ3n) is 6.76. The summed E-state index contributed by atoms with van der Waals surface area (Å²) in [6, 6.07) is 0. The minimum atomic E-state index is 0.331. The third kappa shape index (κ3) is 5.71. The molecule has 0 bridgehead atoms. The van der Waals surface area contributed by atoms with Gasteiger partial charge in [-0.1, -0.05) is 27.7 Å². The molecule has 2 rings (SSSR count). The SMILES string of the molecule is CC(C1CCN(CCN2CCN(C(C)(C)C)CC2)CC1)C(C)(C)C. The molecule has 1 unspecified atom stereocenters. The largest absolute Gasteiger partial charge is 0.302 e. The number of nitrogens with zero attached hydrogens (tertiary/aromatic N) is 3. The molecule has 2 fully saturated rings. The first-order valence-corrected chi connectivity index (χ1v) is 10.3. The molecular weight excluding hydrogens is 294 g/mol. The Morgan fingerprint density at radius 2 is 1.21 bits per heavy atom. The Morgan fingerprint density at radius 1 is 0.750 bits per heavy atom. The van der Waals surface area contributed by atoms with Gasteiger partial charge in [0, 0.05) is 44.8 Å². The zero-order valence-electron chi connectivity index (χ0n) is 17.6. The maximum absolute atomic E-state index is 2.71. The second-order valence-corrected chi connectivity index (χ2v) is 10.3. The fraction of sp³-hybridized carbons (Fsp3) is 1.00. The molecule has 1 atom stereocenters. The molecule has 0 saturated carbocycles. The summed E-state index contributed by atoms with van der Waals surface area (Å²) in [6.45, 7) is 26.8. The zero-order chi connectivity index (χ0) is 18.0. The van der Waals surface area contributed by atoms with E-state index < -0.39 is 0 Å². The van der Waals surface area contributed by atoms with Crippen LogP contribution in [-0.4, -0.2) is 72.6 Å². The van der Waals surface area contributed by atoms with Gasteiger partial charge < -0.3 is 4.90 Å². The van der Waals surface area contributed by atoms with Crippen LogP contribution < -0.4 is 0 Å². The van der Waals surface area contributed by atoms with Crippen molar-refractivity contribution < 1.29 is 0 Å². The average molecular weight is 338 g/mol. The Balaban J connectivity index is 1.65. The van der Waals surface area contributed by atoms with Gasteiger partial charge in [-0.3, -0.25) is 9.80 Å². The first kappa shape index (κ1) is 20.2. The number of rotatable bonds is 4. The zero-order valence-corrected chi connectivity index (χ0v) is 17.6. The highest BCUT2D eigenvalue weighted by molar-refractivity contribution is 4.84. The van der Waals surface area contributed by atoms with Gasteiger partial charge in [0.25, 0.3) is 0 Å². The molecular formula is C21H43N3. The molecule has 0 aromatic rings. The summed E-state index contributed by atoms with van der Waals surface area (Å²) >= 11 is 0. The Morgan fingerprint density at radius 3 is 1.62 bits per heavy atom. The number of hydrogen-bond acceptors (Lipinski definition) is 3. The van der Waals surface area contributed by atoms with Crippen molar-refractivity contribution >= 4 is 0 Å². The minimum Gasteiger partial charge on any atom is -0.302 e. The van der Waals surface area contributed by atoms with Crippen LogP contribution >= 0.6 is 0 Å². The molecule has 2 aliphatic heterocycles. The molecule has 3 heteroatoms. The quantitative estimate of drug-likeness (QED) is 0.772. The normalized spacial score (nSPS) is 25.1. The number of piperidine rings is 1. The molecule has 0 aliphatic carbocycles. The summed E-state index contributed by atoms with van der Waals surface area (Å²) < 4.78 is 0. The maximum Gasteiger partial charge on any atom is 0.0126 e. The van der Waals surface area contributed by atoms with Crippen molar-refractivity contribution in [1.29, 1.82) is 0 Å². The van der Waals surface area contributed by atoms with E-state index in [1.807, 2.05) is 0 Å². The van der Waals surface area contributed by atoms with E-state index in [0.29, 0.717) is 11.0 Å². The van der Waals surface area contributed by atoms with Crippen LogP contribution in [0.4, 0.5) is 0 Å². The Labute approximate surface area is 151 Å². The van der Waals surface area contributed by atoms with Crippen LogP contribution in [0.15, 0.2) is 0 Å². The van der Waals surface area contributed by atoms with Gasteiger partial charge in [0.15, 0.2) is 0 Å². The van der Waals surface area contributed by atoms with Crippen molar-refractivity contribution in [3.8, 4) is 0 Å². The lowest BCUT2D eigenvalue weighted by Crippen LogP contribution is -2.54. The van der Waals surface area contributed by atoms with E-state index in [2.05, 4.69) is 63.2 Å². The molecule has 0 amide bonds. The summed E-state index contributed by atoms with van der Waals surface area (Å²) in [5, 5.41) is 0. The van der Waals surface area contributed by atoms with Crippen molar-refractivity contribution in [1.82, 2.24) is 14.7 Å². The standard InChI is InChI=1S/C21H43N3/c1-18(20(2,3)4)19-8-10-22(11-9-19)12-13-23-14-16-24(17-15-23)21(5,6)7/h18-19H,8-17H2,1-7H3. The van der Waals surface area contributed by atoms with Crippen LogP contribution in [0.5, 0.6) is 0 Å². The number of piperazine rings is 1. The summed E-state index contributed by atoms with van der Waals surface area (Å²) in [5.41, 5.74) is 0.789. The molecule has 0 spiro atoms. The van der Waals surface area contributed by atoms with Gasteiger partial charge in [0.05, 0.1) is 0 Å². The number of hydrogen-bond donors (Lipinski definition) is 0. The second kappa shape index (κ2) is 8.05. The van der Waals surface area contributed by atoms with E-state index in [9.17, 15) is 0 Å². The molecule has 2 saturated heterocycles. The molecule has 0 radical (unpaired) electrons. The predicted molar refractivity (Wildman–Crippen MR) is 106 cm³/mol. The summed E-state index contributed by atoms with van der Waals surface area (Å²) in [6.07, 6.45) is 2.80. The third-order valence-corrected chi connectivity index (χ3v) is 6.76. The van der Waals surface area contributed by atoms with E-state index in [1.54, 1.807) is 0 Å². The van der Waals surface area contributed by atoms with Crippen molar-refractivity contribution in [2.24, 2.45) is 17.3 Å². The van der Waals surface area contributed by atoms with Crippen molar-refractivity contribution in [3.05, 3.63) is 0 Å². The highest BCUT2D eigenvalue weighted by Gasteiger charge is 2.31. The molecule has 3 nitrogen and oxygen atoms in total.